The molecule has 2 radical (unpaired) electrons. The molecule has 0 aliphatic carbocycles. The van der Waals surface area contributed by atoms with Crippen LogP contribution in [0.4, 0.5) is 0 Å². The summed E-state index contributed by atoms with van der Waals surface area (Å²) >= 11 is 0. The Bertz CT molecular complexity index is 1950. The number of aromatic nitrogens is 1. The van der Waals surface area contributed by atoms with E-state index in [2.05, 4.69) is 26.8 Å². The van der Waals surface area contributed by atoms with Gasteiger partial charge in [-0.2, -0.15) is 0 Å². The van der Waals surface area contributed by atoms with Crippen LogP contribution in [0.3, 0.4) is 0 Å². The van der Waals surface area contributed by atoms with Gasteiger partial charge < -0.3 is 19.0 Å². The fourth-order valence-electron chi connectivity index (χ4n) is 5.28. The van der Waals surface area contributed by atoms with Gasteiger partial charge in [-0.15, -0.1) is 0 Å². The summed E-state index contributed by atoms with van der Waals surface area (Å²) < 4.78 is 7.61. The minimum atomic E-state index is -0.478. The average Bonchev–Trinajstić information content (AvgIpc) is 3.17. The minimum Gasteiger partial charge on any atom is -0.508 e. The summed E-state index contributed by atoms with van der Waals surface area (Å²) in [7, 11) is 0. The topological polar surface area (TPSA) is 75.1 Å². The molecule has 0 unspecified atom stereocenters. The van der Waals surface area contributed by atoms with Gasteiger partial charge in [0, 0.05) is 117 Å². The zero-order chi connectivity index (χ0) is 24.8. The molecule has 0 saturated heterocycles. The third kappa shape index (κ3) is 4.25. The maximum absolute atomic E-state index is 13.4. The Balaban J connectivity index is 0.00000160. The van der Waals surface area contributed by atoms with Gasteiger partial charge in [0.2, 0.25) is 0 Å². The minimum absolute atomic E-state index is 0. The van der Waals surface area contributed by atoms with E-state index in [1.807, 2.05) is 48.7 Å². The Hall–Kier alpha value is -1.52. The summed E-state index contributed by atoms with van der Waals surface area (Å²) in [5.41, 5.74) is 7.90. The number of nitrogens with zero attached hydrogens (tertiary/aromatic N) is 1. The summed E-state index contributed by atoms with van der Waals surface area (Å²) in [4.78, 5) is 13.4. The third-order valence-corrected chi connectivity index (χ3v) is 7.52. The van der Waals surface area contributed by atoms with Crippen LogP contribution in [0.15, 0.2) is 57.9 Å². The number of rotatable bonds is 1. The molecule has 37 heavy (non-hydrogen) atoms. The van der Waals surface area contributed by atoms with Gasteiger partial charge in [0.1, 0.15) is 22.6 Å². The first-order valence-electron chi connectivity index (χ1n) is 11.6. The van der Waals surface area contributed by atoms with Crippen molar-refractivity contribution in [1.29, 1.82) is 0 Å². The number of aryl methyl sites for hydroxylation is 4. The molecule has 2 N–H and O–H groups in total. The zero-order valence-corrected chi connectivity index (χ0v) is 28.8. The summed E-state index contributed by atoms with van der Waals surface area (Å²) in [6, 6.07) is 13.2. The number of phenols is 2. The number of hydrogen-bond donors (Lipinski definition) is 2. The van der Waals surface area contributed by atoms with Gasteiger partial charge >= 0.3 is 5.63 Å². The first-order chi connectivity index (χ1) is 16.7. The maximum Gasteiger partial charge on any atom is 0.361 e. The Morgan fingerprint density at radius 1 is 0.703 bits per heavy atom. The first kappa shape index (κ1) is 28.5. The maximum atomic E-state index is 13.4. The van der Waals surface area contributed by atoms with E-state index >= 15 is 0 Å². The van der Waals surface area contributed by atoms with Crippen LogP contribution in [0, 0.1) is 117 Å². The van der Waals surface area contributed by atoms with Crippen molar-refractivity contribution >= 4 is 38.2 Å². The molecule has 0 atom stereocenters. The van der Waals surface area contributed by atoms with Crippen molar-refractivity contribution in [3.05, 3.63) is 86.9 Å². The second-order valence-corrected chi connectivity index (χ2v) is 9.56. The van der Waals surface area contributed by atoms with Crippen molar-refractivity contribution in [1.82, 2.24) is 4.40 Å². The van der Waals surface area contributed by atoms with Gasteiger partial charge in [0.25, 0.3) is 0 Å². The fraction of sp³-hybridized carbons (Fsp3) is 0.167. The van der Waals surface area contributed by atoms with Crippen molar-refractivity contribution in [3.8, 4) is 22.6 Å². The molecular formula is C30H25NO4Pr2. The summed E-state index contributed by atoms with van der Waals surface area (Å²) in [5, 5.41) is 24.5. The second-order valence-electron chi connectivity index (χ2n) is 9.56. The monoisotopic (exact) mass is 745 g/mol. The van der Waals surface area contributed by atoms with Crippen LogP contribution in [0.2, 0.25) is 0 Å². The molecule has 0 bridgehead atoms. The Morgan fingerprint density at radius 3 is 2.08 bits per heavy atom. The van der Waals surface area contributed by atoms with Crippen molar-refractivity contribution in [2.24, 2.45) is 0 Å². The van der Waals surface area contributed by atoms with Crippen molar-refractivity contribution in [2.75, 3.05) is 0 Å². The van der Waals surface area contributed by atoms with Crippen LogP contribution in [-0.4, -0.2) is 14.6 Å². The molecule has 0 aliphatic heterocycles. The Labute approximate surface area is 280 Å². The van der Waals surface area contributed by atoms with Crippen LogP contribution in [0.5, 0.6) is 11.5 Å². The van der Waals surface area contributed by atoms with Gasteiger partial charge in [-0.3, -0.25) is 0 Å². The molecule has 7 heteroatoms. The Kier molecular flexibility index (Phi) is 7.87. The van der Waals surface area contributed by atoms with E-state index in [-0.39, 0.29) is 94.1 Å². The van der Waals surface area contributed by atoms with E-state index in [0.29, 0.717) is 16.7 Å². The molecule has 3 aromatic heterocycles. The molecule has 5 nitrogen and oxygen atoms in total. The molecule has 180 valence electrons. The smallest absolute Gasteiger partial charge is 0.361 e. The van der Waals surface area contributed by atoms with Gasteiger partial charge in [0.15, 0.2) is 0 Å². The molecule has 0 fully saturated rings. The number of aromatic hydroxyl groups is 2. The van der Waals surface area contributed by atoms with Gasteiger partial charge in [-0.1, -0.05) is 12.1 Å². The quantitative estimate of drug-likeness (QED) is 0.179. The van der Waals surface area contributed by atoms with Gasteiger partial charge in [0.05, 0.1) is 5.52 Å². The summed E-state index contributed by atoms with van der Waals surface area (Å²) in [6.45, 7) is 10.0. The molecule has 6 rings (SSSR count). The van der Waals surface area contributed by atoms with Crippen LogP contribution in [0.1, 0.15) is 27.8 Å². The SMILES string of the molecule is Cc1ccc(-c2c3c4cc(C)c(O)cc4oc(=O)c3n3ccc4c(C)c(C)c(C)cc4c23)cc1O.[Pr].[Pr]. The third-order valence-electron chi connectivity index (χ3n) is 7.52. The van der Waals surface area contributed by atoms with E-state index < -0.39 is 5.63 Å². The van der Waals surface area contributed by atoms with Crippen LogP contribution in [-0.2, 0) is 0 Å². The molecule has 0 spiro atoms. The average molecular weight is 745 g/mol. The van der Waals surface area contributed by atoms with Crippen LogP contribution < -0.4 is 5.63 Å². The van der Waals surface area contributed by atoms with Gasteiger partial charge in [-0.25, -0.2) is 4.79 Å². The molecule has 0 amide bonds. The molecule has 3 aromatic carbocycles. The predicted molar refractivity (Wildman–Crippen MR) is 141 cm³/mol. The zero-order valence-electron chi connectivity index (χ0n) is 21.4. The van der Waals surface area contributed by atoms with Crippen molar-refractivity contribution < 1.29 is 97.2 Å². The molecular weight excluding hydrogens is 720 g/mol. The van der Waals surface area contributed by atoms with Crippen molar-refractivity contribution in [2.45, 2.75) is 34.6 Å². The van der Waals surface area contributed by atoms with E-state index in [1.165, 1.54) is 22.8 Å². The summed E-state index contributed by atoms with van der Waals surface area (Å²) in [6.07, 6.45) is 1.93. The standard InChI is InChI=1S/C30H25NO4.2Pr/c1-14-6-7-19(12-23(14)32)26-27-22-11-16(3)24(33)13-25(22)35-30(34)29(27)31-9-8-20-18(5)17(4)15(2)10-21(20)28(26)31;;/h6-13,32-33H,1-5H3;;. The fourth-order valence-corrected chi connectivity index (χ4v) is 5.28. The first-order valence-corrected chi connectivity index (χ1v) is 11.6. The summed E-state index contributed by atoms with van der Waals surface area (Å²) in [5.74, 6) is 0.269. The van der Waals surface area contributed by atoms with Crippen molar-refractivity contribution in [3.63, 3.8) is 0 Å². The van der Waals surface area contributed by atoms with E-state index in [4.69, 9.17) is 4.42 Å². The van der Waals surface area contributed by atoms with Crippen LogP contribution >= 0.6 is 0 Å². The molecule has 0 aliphatic rings. The number of phenolic OH excluding ortho intramolecular Hbond substituents is 2. The van der Waals surface area contributed by atoms with Crippen LogP contribution in [0.25, 0.3) is 49.3 Å². The molecule has 6 aromatic rings. The van der Waals surface area contributed by atoms with E-state index in [9.17, 15) is 15.0 Å². The normalized spacial score (nSPS) is 11.3. The molecule has 3 heterocycles. The predicted octanol–water partition coefficient (Wildman–Crippen LogP) is 6.97. The number of pyridine rings is 1. The largest absolute Gasteiger partial charge is 0.508 e. The van der Waals surface area contributed by atoms with E-state index in [0.717, 1.165) is 43.8 Å². The molecule has 0 saturated carbocycles. The Morgan fingerprint density at radius 2 is 1.38 bits per heavy atom. The second kappa shape index (κ2) is 10.2. The van der Waals surface area contributed by atoms with Gasteiger partial charge in [-0.05, 0) is 97.7 Å². The number of hydrogen-bond acceptors (Lipinski definition) is 4. The van der Waals surface area contributed by atoms with E-state index in [1.54, 1.807) is 6.07 Å². The number of benzene rings is 3. The number of fused-ring (bicyclic) bond motifs is 7.